The first-order valence-electron chi connectivity index (χ1n) is 6.86. The van der Waals surface area contributed by atoms with Gasteiger partial charge in [0.2, 0.25) is 0 Å². The van der Waals surface area contributed by atoms with Crippen molar-refractivity contribution in [1.29, 1.82) is 0 Å². The molecule has 3 unspecified atom stereocenters. The van der Waals surface area contributed by atoms with Gasteiger partial charge in [-0.25, -0.2) is 0 Å². The molecule has 1 heterocycles. The maximum absolute atomic E-state index is 11.7. The largest absolute Gasteiger partial charge is 0.462 e. The Kier molecular flexibility index (Phi) is 2.69. The third-order valence-corrected chi connectivity index (χ3v) is 4.91. The van der Waals surface area contributed by atoms with Crippen LogP contribution in [0, 0.1) is 11.8 Å². The van der Waals surface area contributed by atoms with Crippen molar-refractivity contribution in [2.24, 2.45) is 11.8 Å². The molecule has 0 bridgehead atoms. The molecular formula is C16H20O2. The first kappa shape index (κ1) is 11.8. The second kappa shape index (κ2) is 4.11. The normalized spacial score (nSPS) is 39.2. The molecule has 0 amide bonds. The molecule has 1 saturated carbocycles. The lowest BCUT2D eigenvalue weighted by Gasteiger charge is -2.39. The van der Waals surface area contributed by atoms with Gasteiger partial charge < -0.3 is 4.74 Å². The number of carbonyl (C=O) groups is 1. The van der Waals surface area contributed by atoms with E-state index in [0.717, 1.165) is 19.3 Å². The van der Waals surface area contributed by atoms with Crippen molar-refractivity contribution in [3.8, 4) is 0 Å². The summed E-state index contributed by atoms with van der Waals surface area (Å²) >= 11 is 0. The molecule has 3 rings (SSSR count). The van der Waals surface area contributed by atoms with Crippen LogP contribution in [0.3, 0.4) is 0 Å². The monoisotopic (exact) mass is 244 g/mol. The van der Waals surface area contributed by atoms with Crippen LogP contribution in [0.15, 0.2) is 30.3 Å². The van der Waals surface area contributed by atoms with Gasteiger partial charge in [-0.05, 0) is 30.2 Å². The number of esters is 1. The summed E-state index contributed by atoms with van der Waals surface area (Å²) in [6, 6.07) is 10.6. The van der Waals surface area contributed by atoms with Gasteiger partial charge in [0.1, 0.15) is 6.10 Å². The van der Waals surface area contributed by atoms with E-state index in [-0.39, 0.29) is 23.4 Å². The van der Waals surface area contributed by atoms with Gasteiger partial charge in [-0.15, -0.1) is 0 Å². The van der Waals surface area contributed by atoms with Crippen LogP contribution in [0.25, 0.3) is 0 Å². The predicted molar refractivity (Wildman–Crippen MR) is 70.2 cm³/mol. The van der Waals surface area contributed by atoms with Crippen molar-refractivity contribution in [2.45, 2.75) is 44.6 Å². The van der Waals surface area contributed by atoms with Gasteiger partial charge >= 0.3 is 5.97 Å². The molecular weight excluding hydrogens is 224 g/mol. The maximum atomic E-state index is 11.7. The molecule has 1 aromatic carbocycles. The fourth-order valence-electron chi connectivity index (χ4n) is 3.60. The Bertz CT molecular complexity index is 453. The summed E-state index contributed by atoms with van der Waals surface area (Å²) in [4.78, 5) is 11.7. The van der Waals surface area contributed by atoms with Gasteiger partial charge in [0, 0.05) is 5.92 Å². The van der Waals surface area contributed by atoms with Gasteiger partial charge in [-0.1, -0.05) is 44.2 Å². The van der Waals surface area contributed by atoms with E-state index in [4.69, 9.17) is 4.74 Å². The average molecular weight is 244 g/mol. The van der Waals surface area contributed by atoms with Gasteiger partial charge in [0.15, 0.2) is 0 Å². The molecule has 1 aromatic rings. The van der Waals surface area contributed by atoms with Crippen molar-refractivity contribution >= 4 is 5.97 Å². The van der Waals surface area contributed by atoms with Crippen LogP contribution in [-0.4, -0.2) is 12.1 Å². The van der Waals surface area contributed by atoms with Crippen LogP contribution < -0.4 is 0 Å². The Morgan fingerprint density at radius 2 is 2.00 bits per heavy atom. The zero-order valence-corrected chi connectivity index (χ0v) is 11.1. The van der Waals surface area contributed by atoms with E-state index in [1.54, 1.807) is 0 Å². The van der Waals surface area contributed by atoms with Crippen LogP contribution in [0.1, 0.15) is 38.7 Å². The Morgan fingerprint density at radius 1 is 1.28 bits per heavy atom. The highest BCUT2D eigenvalue weighted by molar-refractivity contribution is 5.75. The summed E-state index contributed by atoms with van der Waals surface area (Å²) in [5.74, 6) is 0.534. The number of ether oxygens (including phenoxy) is 1. The topological polar surface area (TPSA) is 26.3 Å². The van der Waals surface area contributed by atoms with E-state index in [1.807, 2.05) is 6.92 Å². The zero-order valence-electron chi connectivity index (χ0n) is 11.1. The average Bonchev–Trinajstić information content (AvgIpc) is 2.65. The number of carbonyl (C=O) groups excluding carboxylic acids is 1. The fourth-order valence-corrected chi connectivity index (χ4v) is 3.60. The van der Waals surface area contributed by atoms with Crippen molar-refractivity contribution in [2.75, 3.05) is 0 Å². The lowest BCUT2D eigenvalue weighted by Crippen LogP contribution is -2.37. The molecule has 1 saturated heterocycles. The molecule has 0 N–H and O–H groups in total. The third kappa shape index (κ3) is 1.75. The predicted octanol–water partition coefficient (Wildman–Crippen LogP) is 3.31. The molecule has 2 nitrogen and oxygen atoms in total. The Labute approximate surface area is 108 Å². The molecule has 18 heavy (non-hydrogen) atoms. The first-order chi connectivity index (χ1) is 8.60. The molecule has 2 aliphatic rings. The minimum atomic E-state index is 0.00214. The quantitative estimate of drug-likeness (QED) is 0.708. The number of benzene rings is 1. The molecule has 0 radical (unpaired) electrons. The highest BCUT2D eigenvalue weighted by atomic mass is 16.6. The number of hydrogen-bond donors (Lipinski definition) is 0. The zero-order chi connectivity index (χ0) is 12.8. The van der Waals surface area contributed by atoms with E-state index in [9.17, 15) is 4.79 Å². The van der Waals surface area contributed by atoms with E-state index in [0.29, 0.717) is 5.92 Å². The summed E-state index contributed by atoms with van der Waals surface area (Å²) in [5.41, 5.74) is 1.53. The summed E-state index contributed by atoms with van der Waals surface area (Å²) in [5, 5.41) is 0. The summed E-state index contributed by atoms with van der Waals surface area (Å²) < 4.78 is 5.56. The molecule has 0 aromatic heterocycles. The molecule has 1 aliphatic carbocycles. The van der Waals surface area contributed by atoms with Crippen LogP contribution in [-0.2, 0) is 14.9 Å². The first-order valence-corrected chi connectivity index (χ1v) is 6.86. The number of hydrogen-bond acceptors (Lipinski definition) is 2. The van der Waals surface area contributed by atoms with E-state index < -0.39 is 0 Å². The van der Waals surface area contributed by atoms with E-state index in [1.165, 1.54) is 5.56 Å². The van der Waals surface area contributed by atoms with Gasteiger partial charge in [-0.2, -0.15) is 0 Å². The molecule has 0 spiro atoms. The number of rotatable bonds is 1. The highest BCUT2D eigenvalue weighted by Crippen LogP contribution is 2.47. The van der Waals surface area contributed by atoms with Crippen molar-refractivity contribution in [1.82, 2.24) is 0 Å². The Morgan fingerprint density at radius 3 is 2.72 bits per heavy atom. The van der Waals surface area contributed by atoms with Crippen molar-refractivity contribution in [3.05, 3.63) is 35.9 Å². The second-order valence-electron chi connectivity index (χ2n) is 6.10. The van der Waals surface area contributed by atoms with Gasteiger partial charge in [-0.3, -0.25) is 4.79 Å². The third-order valence-electron chi connectivity index (χ3n) is 4.91. The maximum Gasteiger partial charge on any atom is 0.309 e. The van der Waals surface area contributed by atoms with Crippen LogP contribution >= 0.6 is 0 Å². The molecule has 96 valence electrons. The smallest absolute Gasteiger partial charge is 0.309 e. The summed E-state index contributed by atoms with van der Waals surface area (Å²) in [7, 11) is 0. The Hall–Kier alpha value is -1.31. The van der Waals surface area contributed by atoms with E-state index >= 15 is 0 Å². The fraction of sp³-hybridized carbons (Fsp3) is 0.562. The molecule has 1 aliphatic heterocycles. The second-order valence-corrected chi connectivity index (χ2v) is 6.10. The van der Waals surface area contributed by atoms with Gasteiger partial charge in [0.25, 0.3) is 0 Å². The Balaban J connectivity index is 1.84. The lowest BCUT2D eigenvalue weighted by molar-refractivity contribution is -0.144. The SMILES string of the molecule is C[C@H]1C(=O)OC2CC(C)(c3ccccc3)CCC21. The minimum absolute atomic E-state index is 0.00214. The van der Waals surface area contributed by atoms with E-state index in [2.05, 4.69) is 37.3 Å². The molecule has 2 fully saturated rings. The van der Waals surface area contributed by atoms with Gasteiger partial charge in [0.05, 0.1) is 5.92 Å². The lowest BCUT2D eigenvalue weighted by atomic mass is 9.65. The number of fused-ring (bicyclic) bond motifs is 1. The van der Waals surface area contributed by atoms with Crippen LogP contribution in [0.4, 0.5) is 0 Å². The van der Waals surface area contributed by atoms with Crippen LogP contribution in [0.5, 0.6) is 0 Å². The van der Waals surface area contributed by atoms with Crippen molar-refractivity contribution in [3.63, 3.8) is 0 Å². The van der Waals surface area contributed by atoms with Crippen molar-refractivity contribution < 1.29 is 9.53 Å². The minimum Gasteiger partial charge on any atom is -0.462 e. The molecule has 2 heteroatoms. The summed E-state index contributed by atoms with van der Waals surface area (Å²) in [6.07, 6.45) is 3.35. The highest BCUT2D eigenvalue weighted by Gasteiger charge is 2.48. The summed E-state index contributed by atoms with van der Waals surface area (Å²) in [6.45, 7) is 4.31. The van der Waals surface area contributed by atoms with Crippen LogP contribution in [0.2, 0.25) is 0 Å². The standard InChI is InChI=1S/C16H20O2/c1-11-13-8-9-16(2,10-14(13)18-15(11)17)12-6-4-3-5-7-12/h3-7,11,13-14H,8-10H2,1-2H3/t11-,13?,14?,16?/m1/s1. The molecule has 4 atom stereocenters.